The van der Waals surface area contributed by atoms with E-state index in [1.807, 2.05) is 0 Å². The minimum absolute atomic E-state index is 0.220. The predicted molar refractivity (Wildman–Crippen MR) is 65.6 cm³/mol. The lowest BCUT2D eigenvalue weighted by Crippen LogP contribution is -2.55. The standard InChI is InChI=1S/C12H25N2O2/c1-7-11(15)16-13-9-8-10-14(5,6)12(2,3)4/h7,13H,1,8-10H2,2-6H3/q+1. The molecule has 0 spiro atoms. The normalized spacial score (nSPS) is 12.3. The molecule has 16 heavy (non-hydrogen) atoms. The van der Waals surface area contributed by atoms with Gasteiger partial charge in [0.05, 0.1) is 26.2 Å². The number of quaternary nitrogens is 1. The lowest BCUT2D eigenvalue weighted by molar-refractivity contribution is -0.935. The maximum Gasteiger partial charge on any atom is 0.348 e. The number of carbonyl (C=O) groups is 1. The van der Waals surface area contributed by atoms with Crippen molar-refractivity contribution in [2.45, 2.75) is 32.7 Å². The molecule has 0 atom stereocenters. The monoisotopic (exact) mass is 229 g/mol. The van der Waals surface area contributed by atoms with Crippen molar-refractivity contribution in [2.24, 2.45) is 0 Å². The highest BCUT2D eigenvalue weighted by atomic mass is 16.7. The van der Waals surface area contributed by atoms with Crippen LogP contribution in [0.3, 0.4) is 0 Å². The lowest BCUT2D eigenvalue weighted by atomic mass is 10.0. The van der Waals surface area contributed by atoms with Crippen molar-refractivity contribution < 1.29 is 14.1 Å². The number of rotatable bonds is 6. The number of hydroxylamine groups is 1. The van der Waals surface area contributed by atoms with Gasteiger partial charge in [-0.25, -0.2) is 4.79 Å². The van der Waals surface area contributed by atoms with Gasteiger partial charge >= 0.3 is 5.97 Å². The number of hydrogen-bond acceptors (Lipinski definition) is 3. The quantitative estimate of drug-likeness (QED) is 0.324. The van der Waals surface area contributed by atoms with Gasteiger partial charge in [0, 0.05) is 19.0 Å². The highest BCUT2D eigenvalue weighted by molar-refractivity contribution is 5.80. The van der Waals surface area contributed by atoms with Crippen molar-refractivity contribution in [3.63, 3.8) is 0 Å². The Bertz CT molecular complexity index is 242. The molecule has 0 aromatic heterocycles. The molecule has 1 N–H and O–H groups in total. The van der Waals surface area contributed by atoms with E-state index in [-0.39, 0.29) is 5.54 Å². The molecule has 0 heterocycles. The third kappa shape index (κ3) is 5.28. The predicted octanol–water partition coefficient (Wildman–Crippen LogP) is 1.49. The first-order valence-corrected chi connectivity index (χ1v) is 5.60. The topological polar surface area (TPSA) is 38.3 Å². The van der Waals surface area contributed by atoms with E-state index in [4.69, 9.17) is 0 Å². The molecule has 0 amide bonds. The number of hydrogen-bond donors (Lipinski definition) is 1. The van der Waals surface area contributed by atoms with Crippen LogP contribution in [0.5, 0.6) is 0 Å². The van der Waals surface area contributed by atoms with Crippen molar-refractivity contribution in [3.8, 4) is 0 Å². The van der Waals surface area contributed by atoms with E-state index in [1.54, 1.807) is 0 Å². The summed E-state index contributed by atoms with van der Waals surface area (Å²) in [6.45, 7) is 11.7. The molecule has 0 unspecified atom stereocenters. The molecule has 4 nitrogen and oxygen atoms in total. The van der Waals surface area contributed by atoms with Gasteiger partial charge in [0.2, 0.25) is 0 Å². The molecule has 4 heteroatoms. The van der Waals surface area contributed by atoms with Crippen molar-refractivity contribution in [1.29, 1.82) is 0 Å². The van der Waals surface area contributed by atoms with Gasteiger partial charge in [-0.3, -0.25) is 0 Å². The van der Waals surface area contributed by atoms with E-state index in [0.29, 0.717) is 6.54 Å². The fourth-order valence-corrected chi connectivity index (χ4v) is 1.05. The molecule has 0 aliphatic rings. The van der Waals surface area contributed by atoms with Gasteiger partial charge in [-0.1, -0.05) is 6.58 Å². The molecule has 0 bridgehead atoms. The van der Waals surface area contributed by atoms with Crippen LogP contribution in [-0.4, -0.2) is 43.2 Å². The number of carbonyl (C=O) groups excluding carboxylic acids is 1. The first kappa shape index (κ1) is 15.1. The van der Waals surface area contributed by atoms with Gasteiger partial charge in [0.25, 0.3) is 0 Å². The van der Waals surface area contributed by atoms with Crippen LogP contribution >= 0.6 is 0 Å². The van der Waals surface area contributed by atoms with Crippen molar-refractivity contribution >= 4 is 5.97 Å². The summed E-state index contributed by atoms with van der Waals surface area (Å²) in [5, 5.41) is 0. The second kappa shape index (κ2) is 6.01. The summed E-state index contributed by atoms with van der Waals surface area (Å²) in [6.07, 6.45) is 2.09. The Kier molecular flexibility index (Phi) is 5.68. The third-order valence-corrected chi connectivity index (χ3v) is 3.15. The summed E-state index contributed by atoms with van der Waals surface area (Å²) < 4.78 is 0.935. The van der Waals surface area contributed by atoms with Crippen molar-refractivity contribution in [3.05, 3.63) is 12.7 Å². The Hall–Kier alpha value is -0.870. The van der Waals surface area contributed by atoms with Crippen LogP contribution < -0.4 is 5.48 Å². The Balaban J connectivity index is 3.75. The summed E-state index contributed by atoms with van der Waals surface area (Å²) in [5.74, 6) is -0.440. The van der Waals surface area contributed by atoms with E-state index in [0.717, 1.165) is 23.5 Å². The SMILES string of the molecule is C=CC(=O)ONCCC[N+](C)(C)C(C)(C)C. The van der Waals surface area contributed by atoms with Gasteiger partial charge < -0.3 is 9.32 Å². The van der Waals surface area contributed by atoms with Gasteiger partial charge in [-0.2, -0.15) is 5.48 Å². The van der Waals surface area contributed by atoms with Gasteiger partial charge in [0.1, 0.15) is 0 Å². The van der Waals surface area contributed by atoms with Crippen LogP contribution in [0.25, 0.3) is 0 Å². The summed E-state index contributed by atoms with van der Waals surface area (Å²) >= 11 is 0. The number of nitrogens with zero attached hydrogens (tertiary/aromatic N) is 1. The average molecular weight is 229 g/mol. The van der Waals surface area contributed by atoms with E-state index < -0.39 is 5.97 Å². The molecule has 94 valence electrons. The molecule has 0 aromatic rings. The van der Waals surface area contributed by atoms with Crippen LogP contribution in [-0.2, 0) is 9.63 Å². The fraction of sp³-hybridized carbons (Fsp3) is 0.750. The first-order chi connectivity index (χ1) is 7.20. The zero-order valence-corrected chi connectivity index (χ0v) is 11.2. The molecule has 0 radical (unpaired) electrons. The molecule has 0 rings (SSSR count). The highest BCUT2D eigenvalue weighted by Gasteiger charge is 2.30. The summed E-state index contributed by atoms with van der Waals surface area (Å²) in [4.78, 5) is 15.4. The average Bonchev–Trinajstić information content (AvgIpc) is 2.15. The van der Waals surface area contributed by atoms with Crippen LogP contribution in [0, 0.1) is 0 Å². The fourth-order valence-electron chi connectivity index (χ4n) is 1.05. The zero-order chi connectivity index (χ0) is 12.8. The highest BCUT2D eigenvalue weighted by Crippen LogP contribution is 2.18. The second-order valence-electron chi connectivity index (χ2n) is 5.45. The van der Waals surface area contributed by atoms with E-state index >= 15 is 0 Å². The summed E-state index contributed by atoms with van der Waals surface area (Å²) in [5.41, 5.74) is 2.85. The molecule has 0 saturated heterocycles. The maximum absolute atomic E-state index is 10.7. The van der Waals surface area contributed by atoms with E-state index in [1.165, 1.54) is 0 Å². The van der Waals surface area contributed by atoms with E-state index in [2.05, 4.69) is 51.8 Å². The molecule has 0 aromatic carbocycles. The smallest absolute Gasteiger partial charge is 0.348 e. The van der Waals surface area contributed by atoms with Gasteiger partial charge in [-0.05, 0) is 20.8 Å². The van der Waals surface area contributed by atoms with Crippen LogP contribution in [0.1, 0.15) is 27.2 Å². The van der Waals surface area contributed by atoms with Crippen molar-refractivity contribution in [1.82, 2.24) is 5.48 Å². The molecular formula is C12H25N2O2+. The molecule has 0 fully saturated rings. The molecule has 0 aliphatic heterocycles. The van der Waals surface area contributed by atoms with E-state index in [9.17, 15) is 4.79 Å². The Morgan fingerprint density at radius 1 is 1.44 bits per heavy atom. The Morgan fingerprint density at radius 3 is 2.44 bits per heavy atom. The van der Waals surface area contributed by atoms with Gasteiger partial charge in [0.15, 0.2) is 0 Å². The van der Waals surface area contributed by atoms with Gasteiger partial charge in [-0.15, -0.1) is 0 Å². The maximum atomic E-state index is 10.7. The molecular weight excluding hydrogens is 204 g/mol. The third-order valence-electron chi connectivity index (χ3n) is 3.15. The zero-order valence-electron chi connectivity index (χ0n) is 11.2. The largest absolute Gasteiger partial charge is 0.367 e. The summed E-state index contributed by atoms with van der Waals surface area (Å²) in [7, 11) is 4.41. The van der Waals surface area contributed by atoms with Crippen LogP contribution in [0.4, 0.5) is 0 Å². The second-order valence-corrected chi connectivity index (χ2v) is 5.45. The Labute approximate surface area is 98.8 Å². The minimum Gasteiger partial charge on any atom is -0.367 e. The lowest BCUT2D eigenvalue weighted by Gasteiger charge is -2.42. The van der Waals surface area contributed by atoms with Crippen LogP contribution in [0.15, 0.2) is 12.7 Å². The minimum atomic E-state index is -0.440. The van der Waals surface area contributed by atoms with Crippen molar-refractivity contribution in [2.75, 3.05) is 27.2 Å². The van der Waals surface area contributed by atoms with Crippen LogP contribution in [0.2, 0.25) is 0 Å². The first-order valence-electron chi connectivity index (χ1n) is 5.60. The molecule has 0 saturated carbocycles. The molecule has 0 aliphatic carbocycles. The number of nitrogens with one attached hydrogen (secondary N) is 1. The Morgan fingerprint density at radius 2 is 2.00 bits per heavy atom. The summed E-state index contributed by atoms with van der Waals surface area (Å²) in [6, 6.07) is 0.